The van der Waals surface area contributed by atoms with Crippen molar-refractivity contribution >= 4 is 5.91 Å². The largest absolute Gasteiger partial charge is 0.482 e. The van der Waals surface area contributed by atoms with Gasteiger partial charge in [-0.15, -0.1) is 0 Å². The van der Waals surface area contributed by atoms with Crippen LogP contribution in [0.5, 0.6) is 5.75 Å². The van der Waals surface area contributed by atoms with Crippen molar-refractivity contribution in [3.63, 3.8) is 0 Å². The Morgan fingerprint density at radius 3 is 2.77 bits per heavy atom. The molecule has 1 aromatic rings. The molecule has 0 unspecified atom stereocenters. The Bertz CT molecular complexity index is 284. The molecule has 4 N–H and O–H groups in total. The fourth-order valence-corrected chi connectivity index (χ4v) is 0.772. The Kier molecular flexibility index (Phi) is 3.22. The number of hydrogen-bond acceptors (Lipinski definition) is 4. The topological polar surface area (TPSA) is 91.2 Å². The molecule has 0 bridgehead atoms. The highest BCUT2D eigenvalue weighted by molar-refractivity contribution is 5.75. The van der Waals surface area contributed by atoms with Gasteiger partial charge in [-0.1, -0.05) is 0 Å². The molecule has 1 rings (SSSR count). The fraction of sp³-hybridized carbons (Fsp3) is 0.250. The second-order valence-electron chi connectivity index (χ2n) is 2.44. The first-order valence-electron chi connectivity index (χ1n) is 3.78. The van der Waals surface area contributed by atoms with E-state index in [1.807, 2.05) is 0 Å². The molecule has 0 radical (unpaired) electrons. The van der Waals surface area contributed by atoms with E-state index < -0.39 is 5.91 Å². The van der Waals surface area contributed by atoms with Gasteiger partial charge in [0.2, 0.25) is 0 Å². The zero-order valence-corrected chi connectivity index (χ0v) is 7.06. The lowest BCUT2D eigenvalue weighted by atomic mass is 10.3. The van der Waals surface area contributed by atoms with Crippen molar-refractivity contribution in [3.05, 3.63) is 24.0 Å². The predicted octanol–water partition coefficient (Wildman–Crippen LogP) is -0.596. The summed E-state index contributed by atoms with van der Waals surface area (Å²) in [5, 5.41) is 0. The molecule has 0 fully saturated rings. The Hall–Kier alpha value is -1.62. The van der Waals surface area contributed by atoms with E-state index in [1.54, 1.807) is 12.1 Å². The molecule has 0 aliphatic rings. The summed E-state index contributed by atoms with van der Waals surface area (Å²) < 4.78 is 4.99. The number of amides is 1. The van der Waals surface area contributed by atoms with E-state index in [0.29, 0.717) is 12.3 Å². The maximum absolute atomic E-state index is 10.4. The van der Waals surface area contributed by atoms with Crippen LogP contribution in [-0.4, -0.2) is 17.5 Å². The van der Waals surface area contributed by atoms with Gasteiger partial charge in [-0.05, 0) is 12.1 Å². The van der Waals surface area contributed by atoms with Gasteiger partial charge in [0.1, 0.15) is 5.75 Å². The summed E-state index contributed by atoms with van der Waals surface area (Å²) >= 11 is 0. The van der Waals surface area contributed by atoms with Crippen molar-refractivity contribution in [2.24, 2.45) is 11.5 Å². The van der Waals surface area contributed by atoms with Gasteiger partial charge in [0.15, 0.2) is 6.61 Å². The molecule has 13 heavy (non-hydrogen) atoms. The van der Waals surface area contributed by atoms with E-state index >= 15 is 0 Å². The van der Waals surface area contributed by atoms with Gasteiger partial charge < -0.3 is 16.2 Å². The normalized spacial score (nSPS) is 9.62. The minimum Gasteiger partial charge on any atom is -0.482 e. The summed E-state index contributed by atoms with van der Waals surface area (Å²) in [7, 11) is 0. The first-order chi connectivity index (χ1) is 6.22. The number of primary amides is 1. The molecule has 0 aliphatic carbocycles. The van der Waals surface area contributed by atoms with Gasteiger partial charge in [0.25, 0.3) is 5.91 Å². The van der Waals surface area contributed by atoms with Crippen molar-refractivity contribution in [1.82, 2.24) is 4.98 Å². The smallest absolute Gasteiger partial charge is 0.255 e. The van der Waals surface area contributed by atoms with Crippen molar-refractivity contribution < 1.29 is 9.53 Å². The quantitative estimate of drug-likeness (QED) is 0.649. The van der Waals surface area contributed by atoms with E-state index in [-0.39, 0.29) is 6.61 Å². The molecule has 1 amide bonds. The van der Waals surface area contributed by atoms with Crippen LogP contribution in [0, 0.1) is 0 Å². The number of hydrogen-bond donors (Lipinski definition) is 2. The van der Waals surface area contributed by atoms with Crippen LogP contribution in [-0.2, 0) is 11.3 Å². The highest BCUT2D eigenvalue weighted by Crippen LogP contribution is 2.08. The Labute approximate surface area is 75.7 Å². The van der Waals surface area contributed by atoms with Crippen LogP contribution >= 0.6 is 0 Å². The van der Waals surface area contributed by atoms with Crippen LogP contribution in [0.1, 0.15) is 5.69 Å². The number of ether oxygens (including phenoxy) is 1. The summed E-state index contributed by atoms with van der Waals surface area (Å²) in [6, 6.07) is 3.43. The molecule has 70 valence electrons. The van der Waals surface area contributed by atoms with Crippen molar-refractivity contribution in [1.29, 1.82) is 0 Å². The van der Waals surface area contributed by atoms with Crippen molar-refractivity contribution in [3.8, 4) is 5.75 Å². The van der Waals surface area contributed by atoms with E-state index in [2.05, 4.69) is 4.98 Å². The second-order valence-corrected chi connectivity index (χ2v) is 2.44. The lowest BCUT2D eigenvalue weighted by molar-refractivity contribution is -0.119. The van der Waals surface area contributed by atoms with Gasteiger partial charge in [-0.2, -0.15) is 0 Å². The maximum Gasteiger partial charge on any atom is 0.255 e. The third-order valence-electron chi connectivity index (χ3n) is 1.39. The molecular formula is C8H11N3O2. The molecule has 0 aromatic carbocycles. The molecule has 0 atom stereocenters. The monoisotopic (exact) mass is 181 g/mol. The third-order valence-corrected chi connectivity index (χ3v) is 1.39. The number of carbonyl (C=O) groups excluding carboxylic acids is 1. The van der Waals surface area contributed by atoms with Crippen LogP contribution in [0.3, 0.4) is 0 Å². The number of aromatic nitrogens is 1. The van der Waals surface area contributed by atoms with Crippen LogP contribution in [0.4, 0.5) is 0 Å². The summed E-state index contributed by atoms with van der Waals surface area (Å²) in [6.45, 7) is 0.250. The standard InChI is InChI=1S/C8H11N3O2/c9-3-6-1-2-7(4-11-6)13-5-8(10)12/h1-2,4H,3,5,9H2,(H2,10,12). The summed E-state index contributed by atoms with van der Waals surface area (Å²) in [5.41, 5.74) is 11.0. The van der Waals surface area contributed by atoms with E-state index in [9.17, 15) is 4.79 Å². The van der Waals surface area contributed by atoms with Gasteiger partial charge >= 0.3 is 0 Å². The lowest BCUT2D eigenvalue weighted by Gasteiger charge is -2.02. The number of nitrogens with two attached hydrogens (primary N) is 2. The number of pyridine rings is 1. The van der Waals surface area contributed by atoms with Crippen molar-refractivity contribution in [2.45, 2.75) is 6.54 Å². The van der Waals surface area contributed by atoms with Crippen LogP contribution in [0.15, 0.2) is 18.3 Å². The molecular weight excluding hydrogens is 170 g/mol. The molecule has 5 nitrogen and oxygen atoms in total. The molecule has 0 spiro atoms. The number of nitrogens with zero attached hydrogens (tertiary/aromatic N) is 1. The van der Waals surface area contributed by atoms with Gasteiger partial charge in [0.05, 0.1) is 11.9 Å². The average molecular weight is 181 g/mol. The maximum atomic E-state index is 10.4. The first-order valence-corrected chi connectivity index (χ1v) is 3.78. The highest BCUT2D eigenvalue weighted by atomic mass is 16.5. The van der Waals surface area contributed by atoms with Crippen molar-refractivity contribution in [2.75, 3.05) is 6.61 Å². The average Bonchev–Trinajstić information content (AvgIpc) is 2.15. The summed E-state index contributed by atoms with van der Waals surface area (Å²) in [6.07, 6.45) is 1.51. The Morgan fingerprint density at radius 2 is 2.31 bits per heavy atom. The highest BCUT2D eigenvalue weighted by Gasteiger charge is 1.97. The van der Waals surface area contributed by atoms with E-state index in [4.69, 9.17) is 16.2 Å². The Balaban J connectivity index is 2.54. The lowest BCUT2D eigenvalue weighted by Crippen LogP contribution is -2.20. The van der Waals surface area contributed by atoms with Crippen LogP contribution in [0.2, 0.25) is 0 Å². The molecule has 1 heterocycles. The second kappa shape index (κ2) is 4.42. The first kappa shape index (κ1) is 9.47. The molecule has 0 saturated heterocycles. The van der Waals surface area contributed by atoms with E-state index in [0.717, 1.165) is 5.69 Å². The van der Waals surface area contributed by atoms with Gasteiger partial charge in [-0.3, -0.25) is 9.78 Å². The van der Waals surface area contributed by atoms with E-state index in [1.165, 1.54) is 6.20 Å². The molecule has 0 aliphatic heterocycles. The minimum absolute atomic E-state index is 0.135. The van der Waals surface area contributed by atoms with Crippen LogP contribution < -0.4 is 16.2 Å². The van der Waals surface area contributed by atoms with Gasteiger partial charge in [-0.25, -0.2) is 0 Å². The number of carbonyl (C=O) groups is 1. The van der Waals surface area contributed by atoms with Gasteiger partial charge in [0, 0.05) is 6.54 Å². The van der Waals surface area contributed by atoms with Crippen LogP contribution in [0.25, 0.3) is 0 Å². The molecule has 1 aromatic heterocycles. The zero-order valence-electron chi connectivity index (χ0n) is 7.06. The third kappa shape index (κ3) is 3.08. The Morgan fingerprint density at radius 1 is 1.54 bits per heavy atom. The SMILES string of the molecule is NCc1ccc(OCC(N)=O)cn1. The zero-order chi connectivity index (χ0) is 9.68. The summed E-state index contributed by atoms with van der Waals surface area (Å²) in [5.74, 6) is -0.00102. The molecule has 5 heteroatoms. The molecule has 0 saturated carbocycles. The fourth-order valence-electron chi connectivity index (χ4n) is 0.772. The summed E-state index contributed by atoms with van der Waals surface area (Å²) in [4.78, 5) is 14.3. The minimum atomic E-state index is -0.511. The number of rotatable bonds is 4. The predicted molar refractivity (Wildman–Crippen MR) is 46.8 cm³/mol.